The third kappa shape index (κ3) is 2.91. The Bertz CT molecular complexity index is 817. The summed E-state index contributed by atoms with van der Waals surface area (Å²) in [4.78, 5) is 2.46. The molecular formula is C19H19BrN2O. The number of nitrogens with zero attached hydrogens (tertiary/aromatic N) is 2. The molecule has 0 fully saturated rings. The molecule has 4 rings (SSSR count). The lowest BCUT2D eigenvalue weighted by Crippen LogP contribution is -3.00. The quantitative estimate of drug-likeness (QED) is 0.610. The van der Waals surface area contributed by atoms with Crippen molar-refractivity contribution in [1.82, 2.24) is 0 Å². The van der Waals surface area contributed by atoms with Gasteiger partial charge in [-0.15, -0.1) is 0 Å². The highest BCUT2D eigenvalue weighted by atomic mass is 79.9. The fourth-order valence-corrected chi connectivity index (χ4v) is 3.21. The topological polar surface area (TPSA) is 16.4 Å². The van der Waals surface area contributed by atoms with Crippen LogP contribution >= 0.6 is 0 Å². The van der Waals surface area contributed by atoms with Crippen molar-refractivity contribution in [3.63, 3.8) is 0 Å². The summed E-state index contributed by atoms with van der Waals surface area (Å²) in [5.74, 6) is 2.24. The van der Waals surface area contributed by atoms with E-state index in [0.717, 1.165) is 25.4 Å². The number of hydrogen-bond acceptors (Lipinski definition) is 2. The predicted octanol–water partition coefficient (Wildman–Crippen LogP) is 0.160. The zero-order valence-corrected chi connectivity index (χ0v) is 14.7. The van der Waals surface area contributed by atoms with Gasteiger partial charge in [-0.2, -0.15) is 0 Å². The lowest BCUT2D eigenvalue weighted by Gasteiger charge is -2.12. The molecule has 0 bridgehead atoms. The molecule has 0 unspecified atom stereocenters. The van der Waals surface area contributed by atoms with Gasteiger partial charge < -0.3 is 21.7 Å². The molecule has 1 aliphatic heterocycles. The maximum atomic E-state index is 5.24. The van der Waals surface area contributed by atoms with E-state index >= 15 is 0 Å². The van der Waals surface area contributed by atoms with Gasteiger partial charge in [0.05, 0.1) is 18.7 Å². The molecule has 0 spiro atoms. The van der Waals surface area contributed by atoms with Gasteiger partial charge in [0.1, 0.15) is 25.4 Å². The molecule has 2 aromatic carbocycles. The molecular weight excluding hydrogens is 352 g/mol. The van der Waals surface area contributed by atoms with Crippen molar-refractivity contribution in [2.45, 2.75) is 13.1 Å². The summed E-state index contributed by atoms with van der Waals surface area (Å²) < 4.78 is 7.59. The minimum absolute atomic E-state index is 0. The van der Waals surface area contributed by atoms with E-state index in [1.807, 2.05) is 12.1 Å². The normalized spacial score (nSPS) is 12.8. The predicted molar refractivity (Wildman–Crippen MR) is 88.2 cm³/mol. The fraction of sp³-hybridized carbons (Fsp3) is 0.211. The first-order valence-corrected chi connectivity index (χ1v) is 7.64. The molecule has 0 N–H and O–H groups in total. The Morgan fingerprint density at radius 2 is 1.83 bits per heavy atom. The van der Waals surface area contributed by atoms with E-state index < -0.39 is 0 Å². The van der Waals surface area contributed by atoms with Crippen molar-refractivity contribution in [3.05, 3.63) is 66.4 Å². The van der Waals surface area contributed by atoms with Gasteiger partial charge in [-0.05, 0) is 35.2 Å². The Balaban J connectivity index is 0.00000156. The van der Waals surface area contributed by atoms with E-state index in [1.54, 1.807) is 7.11 Å². The Kier molecular flexibility index (Phi) is 4.53. The van der Waals surface area contributed by atoms with Gasteiger partial charge in [0.15, 0.2) is 0 Å². The third-order valence-electron chi connectivity index (χ3n) is 4.35. The lowest BCUT2D eigenvalue weighted by molar-refractivity contribution is -0.669. The van der Waals surface area contributed by atoms with Crippen LogP contribution in [0.4, 0.5) is 5.82 Å². The molecule has 3 nitrogen and oxygen atoms in total. The zero-order chi connectivity index (χ0) is 14.9. The first kappa shape index (κ1) is 15.8. The largest absolute Gasteiger partial charge is 1.00 e. The maximum absolute atomic E-state index is 5.24. The van der Waals surface area contributed by atoms with E-state index in [9.17, 15) is 0 Å². The summed E-state index contributed by atoms with van der Waals surface area (Å²) in [6.07, 6.45) is 2.20. The number of hydrogen-bond donors (Lipinski definition) is 0. The number of rotatable bonds is 3. The molecule has 118 valence electrons. The number of aromatic nitrogens is 1. The summed E-state index contributed by atoms with van der Waals surface area (Å²) in [5, 5.41) is 2.63. The molecule has 0 saturated carbocycles. The van der Waals surface area contributed by atoms with Crippen LogP contribution in [-0.4, -0.2) is 13.7 Å². The van der Waals surface area contributed by atoms with Gasteiger partial charge in [-0.25, -0.2) is 4.57 Å². The molecule has 1 aromatic heterocycles. The van der Waals surface area contributed by atoms with E-state index in [0.29, 0.717) is 0 Å². The third-order valence-corrected chi connectivity index (χ3v) is 4.35. The second-order valence-electron chi connectivity index (χ2n) is 5.69. The van der Waals surface area contributed by atoms with Crippen molar-refractivity contribution < 1.29 is 26.3 Å². The molecule has 3 aromatic rings. The molecule has 0 atom stereocenters. The van der Waals surface area contributed by atoms with Gasteiger partial charge in [0, 0.05) is 0 Å². The van der Waals surface area contributed by atoms with Crippen LogP contribution in [0.15, 0.2) is 60.8 Å². The highest BCUT2D eigenvalue weighted by molar-refractivity contribution is 5.90. The molecule has 0 aliphatic carbocycles. The molecule has 0 saturated heterocycles. The van der Waals surface area contributed by atoms with E-state index in [-0.39, 0.29) is 17.0 Å². The molecule has 23 heavy (non-hydrogen) atoms. The summed E-state index contributed by atoms with van der Waals surface area (Å²) >= 11 is 0. The van der Waals surface area contributed by atoms with E-state index in [4.69, 9.17) is 4.74 Å². The summed E-state index contributed by atoms with van der Waals surface area (Å²) in [6.45, 7) is 3.04. The van der Waals surface area contributed by atoms with Crippen LogP contribution in [0.25, 0.3) is 10.8 Å². The molecule has 0 radical (unpaired) electrons. The van der Waals surface area contributed by atoms with Crippen LogP contribution in [0, 0.1) is 0 Å². The van der Waals surface area contributed by atoms with E-state index in [1.165, 1.54) is 22.2 Å². The number of fused-ring (bicyclic) bond motifs is 3. The number of benzene rings is 2. The van der Waals surface area contributed by atoms with Crippen LogP contribution in [0.1, 0.15) is 5.56 Å². The van der Waals surface area contributed by atoms with Gasteiger partial charge in [-0.3, -0.25) is 4.90 Å². The van der Waals surface area contributed by atoms with Crippen LogP contribution in [0.5, 0.6) is 5.75 Å². The zero-order valence-electron chi connectivity index (χ0n) is 13.1. The van der Waals surface area contributed by atoms with Gasteiger partial charge >= 0.3 is 0 Å². The number of ether oxygens (including phenoxy) is 1. The fourth-order valence-electron chi connectivity index (χ4n) is 3.21. The summed E-state index contributed by atoms with van der Waals surface area (Å²) in [5.41, 5.74) is 1.31. The molecule has 1 aliphatic rings. The van der Waals surface area contributed by atoms with Crippen molar-refractivity contribution in [2.24, 2.45) is 0 Å². The minimum atomic E-state index is 0. The summed E-state index contributed by atoms with van der Waals surface area (Å²) in [6, 6.07) is 19.2. The van der Waals surface area contributed by atoms with Gasteiger partial charge in [0.2, 0.25) is 0 Å². The van der Waals surface area contributed by atoms with Crippen molar-refractivity contribution >= 4 is 16.6 Å². The highest BCUT2D eigenvalue weighted by Crippen LogP contribution is 2.27. The number of anilines is 1. The van der Waals surface area contributed by atoms with Crippen molar-refractivity contribution in [3.8, 4) is 5.75 Å². The average Bonchev–Trinajstić information content (AvgIpc) is 2.99. The summed E-state index contributed by atoms with van der Waals surface area (Å²) in [7, 11) is 1.70. The number of pyridine rings is 1. The molecule has 4 heteroatoms. The average molecular weight is 371 g/mol. The SMILES string of the molecule is COc1ccc(CN2CC[n+]3ccc4ccccc4c32)cc1.[Br-]. The molecule has 0 amide bonds. The van der Waals surface area contributed by atoms with Gasteiger partial charge in [0.25, 0.3) is 5.82 Å². The van der Waals surface area contributed by atoms with Crippen LogP contribution in [-0.2, 0) is 13.1 Å². The Hall–Kier alpha value is -2.07. The Labute approximate surface area is 146 Å². The maximum Gasteiger partial charge on any atom is 0.285 e. The first-order chi connectivity index (χ1) is 10.8. The molecule has 2 heterocycles. The number of halogens is 1. The Morgan fingerprint density at radius 3 is 2.61 bits per heavy atom. The Morgan fingerprint density at radius 1 is 1.04 bits per heavy atom. The van der Waals surface area contributed by atoms with Crippen LogP contribution in [0.3, 0.4) is 0 Å². The number of methoxy groups -OCH3 is 1. The second-order valence-corrected chi connectivity index (χ2v) is 5.69. The van der Waals surface area contributed by atoms with Crippen LogP contribution < -0.4 is 31.2 Å². The van der Waals surface area contributed by atoms with Gasteiger partial charge in [-0.1, -0.05) is 30.3 Å². The van der Waals surface area contributed by atoms with Crippen molar-refractivity contribution in [2.75, 3.05) is 18.6 Å². The minimum Gasteiger partial charge on any atom is -1.00 e. The van der Waals surface area contributed by atoms with E-state index in [2.05, 4.69) is 58.1 Å². The second kappa shape index (κ2) is 6.59. The smallest absolute Gasteiger partial charge is 0.285 e. The first-order valence-electron chi connectivity index (χ1n) is 7.64. The lowest BCUT2D eigenvalue weighted by atomic mass is 10.1. The highest BCUT2D eigenvalue weighted by Gasteiger charge is 2.29. The van der Waals surface area contributed by atoms with Crippen molar-refractivity contribution in [1.29, 1.82) is 0 Å². The van der Waals surface area contributed by atoms with Crippen LogP contribution in [0.2, 0.25) is 0 Å². The standard InChI is InChI=1S/C19H19N2O.BrH/c1-22-17-8-6-15(7-9-17)14-21-13-12-20-11-10-16-4-2-3-5-18(16)19(20)21;/h2-11H,12-14H2,1H3;1H/q+1;/p-1. The monoisotopic (exact) mass is 370 g/mol.